The highest BCUT2D eigenvalue weighted by Gasteiger charge is 2.20. The van der Waals surface area contributed by atoms with E-state index in [2.05, 4.69) is 30.8 Å². The Kier molecular flexibility index (Phi) is 5.07. The predicted molar refractivity (Wildman–Crippen MR) is 77.0 cm³/mol. The number of benzene rings is 1. The standard InChI is InChI=1S/C14H20N2O4/c1-5-14(2,3)9-15-11-8-10(13(17)20-4)6-7-12(11)16(18)19/h6-8,15H,5,9H2,1-4H3. The van der Waals surface area contributed by atoms with Crippen LogP contribution in [0.5, 0.6) is 0 Å². The molecule has 0 radical (unpaired) electrons. The molecule has 110 valence electrons. The summed E-state index contributed by atoms with van der Waals surface area (Å²) in [7, 11) is 1.27. The van der Waals surface area contributed by atoms with Gasteiger partial charge in [0.1, 0.15) is 5.69 Å². The van der Waals surface area contributed by atoms with E-state index in [1.165, 1.54) is 25.3 Å². The van der Waals surface area contributed by atoms with Crippen LogP contribution >= 0.6 is 0 Å². The molecule has 6 heteroatoms. The quantitative estimate of drug-likeness (QED) is 0.491. The second-order valence-corrected chi connectivity index (χ2v) is 5.35. The van der Waals surface area contributed by atoms with Crippen LogP contribution in [0.4, 0.5) is 11.4 Å². The lowest BCUT2D eigenvalue weighted by Gasteiger charge is -2.23. The lowest BCUT2D eigenvalue weighted by molar-refractivity contribution is -0.384. The highest BCUT2D eigenvalue weighted by atomic mass is 16.6. The Balaban J connectivity index is 3.06. The predicted octanol–water partition coefficient (Wildman–Crippen LogP) is 3.23. The minimum atomic E-state index is -0.516. The summed E-state index contributed by atoms with van der Waals surface area (Å²) in [6.45, 7) is 6.77. The molecule has 0 atom stereocenters. The summed E-state index contributed by atoms with van der Waals surface area (Å²) < 4.78 is 4.62. The molecule has 0 saturated heterocycles. The molecular weight excluding hydrogens is 260 g/mol. The van der Waals surface area contributed by atoms with Gasteiger partial charge in [-0.05, 0) is 24.0 Å². The summed E-state index contributed by atoms with van der Waals surface area (Å²) >= 11 is 0. The van der Waals surface area contributed by atoms with Crippen LogP contribution in [0, 0.1) is 15.5 Å². The van der Waals surface area contributed by atoms with Crippen LogP contribution < -0.4 is 5.32 Å². The monoisotopic (exact) mass is 280 g/mol. The van der Waals surface area contributed by atoms with Gasteiger partial charge in [0.2, 0.25) is 0 Å². The van der Waals surface area contributed by atoms with E-state index in [1.807, 2.05) is 0 Å². The molecule has 1 rings (SSSR count). The molecule has 0 unspecified atom stereocenters. The third-order valence-electron chi connectivity index (χ3n) is 3.33. The number of nitro benzene ring substituents is 1. The van der Waals surface area contributed by atoms with Crippen molar-refractivity contribution in [3.05, 3.63) is 33.9 Å². The Morgan fingerprint density at radius 3 is 2.60 bits per heavy atom. The number of anilines is 1. The van der Waals surface area contributed by atoms with E-state index in [1.54, 1.807) is 0 Å². The summed E-state index contributed by atoms with van der Waals surface area (Å²) in [6, 6.07) is 4.16. The molecule has 6 nitrogen and oxygen atoms in total. The van der Waals surface area contributed by atoms with Crippen molar-refractivity contribution in [3.8, 4) is 0 Å². The van der Waals surface area contributed by atoms with Crippen molar-refractivity contribution in [1.82, 2.24) is 0 Å². The van der Waals surface area contributed by atoms with E-state index >= 15 is 0 Å². The second kappa shape index (κ2) is 6.36. The number of nitro groups is 1. The lowest BCUT2D eigenvalue weighted by Crippen LogP contribution is -2.22. The lowest BCUT2D eigenvalue weighted by atomic mass is 9.90. The number of rotatable bonds is 6. The number of esters is 1. The molecule has 20 heavy (non-hydrogen) atoms. The number of nitrogens with one attached hydrogen (secondary N) is 1. The molecule has 0 heterocycles. The SMILES string of the molecule is CCC(C)(C)CNc1cc(C(=O)OC)ccc1[N+](=O)[O-]. The maximum Gasteiger partial charge on any atom is 0.337 e. The van der Waals surface area contributed by atoms with Crippen LogP contribution in [0.3, 0.4) is 0 Å². The fourth-order valence-corrected chi connectivity index (χ4v) is 1.54. The van der Waals surface area contributed by atoms with Crippen LogP contribution in [-0.4, -0.2) is 24.5 Å². The van der Waals surface area contributed by atoms with Crippen molar-refractivity contribution < 1.29 is 14.5 Å². The molecule has 0 fully saturated rings. The first-order valence-corrected chi connectivity index (χ1v) is 6.41. The minimum absolute atomic E-state index is 0.00907. The highest BCUT2D eigenvalue weighted by molar-refractivity contribution is 5.91. The normalized spacial score (nSPS) is 11.0. The van der Waals surface area contributed by atoms with E-state index in [0.29, 0.717) is 12.2 Å². The van der Waals surface area contributed by atoms with E-state index in [4.69, 9.17) is 0 Å². The zero-order chi connectivity index (χ0) is 15.3. The van der Waals surface area contributed by atoms with E-state index in [0.717, 1.165) is 6.42 Å². The Morgan fingerprint density at radius 2 is 2.10 bits per heavy atom. The molecule has 0 aliphatic rings. The van der Waals surface area contributed by atoms with Gasteiger partial charge in [-0.25, -0.2) is 4.79 Å². The molecular formula is C14H20N2O4. The summed E-state index contributed by atoms with van der Waals surface area (Å²) in [5, 5.41) is 14.1. The average Bonchev–Trinajstić information content (AvgIpc) is 2.43. The summed E-state index contributed by atoms with van der Waals surface area (Å²) in [5.41, 5.74) is 0.577. The van der Waals surface area contributed by atoms with Crippen LogP contribution in [0.15, 0.2) is 18.2 Å². The first-order valence-electron chi connectivity index (χ1n) is 6.41. The van der Waals surface area contributed by atoms with Gasteiger partial charge in [-0.1, -0.05) is 20.8 Å². The maximum atomic E-state index is 11.5. The fraction of sp³-hybridized carbons (Fsp3) is 0.500. The van der Waals surface area contributed by atoms with Crippen molar-refractivity contribution in [2.75, 3.05) is 19.0 Å². The third-order valence-corrected chi connectivity index (χ3v) is 3.33. The molecule has 0 aliphatic heterocycles. The molecule has 1 aromatic rings. The first-order chi connectivity index (χ1) is 9.30. The van der Waals surface area contributed by atoms with Gasteiger partial charge in [-0.2, -0.15) is 0 Å². The molecule has 0 amide bonds. The molecule has 1 N–H and O–H groups in total. The van der Waals surface area contributed by atoms with Gasteiger partial charge in [-0.3, -0.25) is 10.1 Å². The topological polar surface area (TPSA) is 81.5 Å². The minimum Gasteiger partial charge on any atom is -0.465 e. The van der Waals surface area contributed by atoms with Crippen molar-refractivity contribution in [2.45, 2.75) is 27.2 Å². The molecule has 0 aromatic heterocycles. The number of nitrogens with zero attached hydrogens (tertiary/aromatic N) is 1. The molecule has 0 spiro atoms. The number of carbonyl (C=O) groups is 1. The molecule has 0 aliphatic carbocycles. The Labute approximate surface area is 118 Å². The Morgan fingerprint density at radius 1 is 1.45 bits per heavy atom. The summed E-state index contributed by atoms with van der Waals surface area (Å²) in [4.78, 5) is 22.0. The van der Waals surface area contributed by atoms with Gasteiger partial charge in [0.25, 0.3) is 5.69 Å². The van der Waals surface area contributed by atoms with E-state index in [-0.39, 0.29) is 16.7 Å². The Bertz CT molecular complexity index is 512. The van der Waals surface area contributed by atoms with Gasteiger partial charge in [0, 0.05) is 12.6 Å². The van der Waals surface area contributed by atoms with Gasteiger partial charge < -0.3 is 10.1 Å². The van der Waals surface area contributed by atoms with Gasteiger partial charge in [-0.15, -0.1) is 0 Å². The van der Waals surface area contributed by atoms with Crippen LogP contribution in [0.25, 0.3) is 0 Å². The third kappa shape index (κ3) is 3.94. The van der Waals surface area contributed by atoms with Crippen molar-refractivity contribution >= 4 is 17.3 Å². The van der Waals surface area contributed by atoms with E-state index < -0.39 is 10.9 Å². The zero-order valence-corrected chi connectivity index (χ0v) is 12.2. The largest absolute Gasteiger partial charge is 0.465 e. The first kappa shape index (κ1) is 15.9. The fourth-order valence-electron chi connectivity index (χ4n) is 1.54. The number of methoxy groups -OCH3 is 1. The summed E-state index contributed by atoms with van der Waals surface area (Å²) in [5.74, 6) is -0.516. The smallest absolute Gasteiger partial charge is 0.337 e. The van der Waals surface area contributed by atoms with Crippen LogP contribution in [0.1, 0.15) is 37.6 Å². The van der Waals surface area contributed by atoms with E-state index in [9.17, 15) is 14.9 Å². The maximum absolute atomic E-state index is 11.5. The summed E-state index contributed by atoms with van der Waals surface area (Å²) in [6.07, 6.45) is 0.935. The second-order valence-electron chi connectivity index (χ2n) is 5.35. The van der Waals surface area contributed by atoms with Gasteiger partial charge >= 0.3 is 5.97 Å². The Hall–Kier alpha value is -2.11. The molecule has 0 saturated carbocycles. The van der Waals surface area contributed by atoms with Crippen molar-refractivity contribution in [2.24, 2.45) is 5.41 Å². The van der Waals surface area contributed by atoms with Gasteiger partial charge in [0.15, 0.2) is 0 Å². The average molecular weight is 280 g/mol. The number of carbonyl (C=O) groups excluding carboxylic acids is 1. The van der Waals surface area contributed by atoms with Crippen molar-refractivity contribution in [3.63, 3.8) is 0 Å². The highest BCUT2D eigenvalue weighted by Crippen LogP contribution is 2.28. The van der Waals surface area contributed by atoms with Crippen LogP contribution in [-0.2, 0) is 4.74 Å². The molecule has 0 bridgehead atoms. The van der Waals surface area contributed by atoms with Crippen LogP contribution in [0.2, 0.25) is 0 Å². The number of ether oxygens (including phenoxy) is 1. The zero-order valence-electron chi connectivity index (χ0n) is 12.2. The van der Waals surface area contributed by atoms with Crippen molar-refractivity contribution in [1.29, 1.82) is 0 Å². The number of hydrogen-bond donors (Lipinski definition) is 1. The number of hydrogen-bond acceptors (Lipinski definition) is 5. The molecule has 1 aromatic carbocycles. The van der Waals surface area contributed by atoms with Gasteiger partial charge in [0.05, 0.1) is 17.6 Å².